The van der Waals surface area contributed by atoms with Gasteiger partial charge in [-0.3, -0.25) is 9.79 Å². The van der Waals surface area contributed by atoms with Crippen LogP contribution in [0.4, 0.5) is 17.1 Å². The lowest BCUT2D eigenvalue weighted by atomic mass is 10.1. The first-order valence-electron chi connectivity index (χ1n) is 16.7. The summed E-state index contributed by atoms with van der Waals surface area (Å²) >= 11 is 6.42. The lowest BCUT2D eigenvalue weighted by Gasteiger charge is -2.34. The SMILES string of the molecule is COCCOCCOCCN(CC(C)(C)SSC)c1cc(CCl)cc(COc2cc(N=CC3Cc4ccccc4N3C)c(C=O)cc2OC)c1. The number of aldehydes is 1. The molecule has 1 atom stereocenters. The highest BCUT2D eigenvalue weighted by molar-refractivity contribution is 8.77. The van der Waals surface area contributed by atoms with Gasteiger partial charge in [-0.15, -0.1) is 11.6 Å². The van der Waals surface area contributed by atoms with Crippen LogP contribution >= 0.6 is 33.2 Å². The van der Waals surface area contributed by atoms with Crippen LogP contribution in [0.15, 0.2) is 59.6 Å². The highest BCUT2D eigenvalue weighted by Gasteiger charge is 2.25. The summed E-state index contributed by atoms with van der Waals surface area (Å²) in [6, 6.07) is 18.2. The van der Waals surface area contributed by atoms with Crippen molar-refractivity contribution in [2.45, 2.75) is 43.5 Å². The minimum Gasteiger partial charge on any atom is -0.493 e. The summed E-state index contributed by atoms with van der Waals surface area (Å²) < 4.78 is 28.5. The normalized spacial score (nSPS) is 14.3. The summed E-state index contributed by atoms with van der Waals surface area (Å²) in [7, 11) is 8.90. The van der Waals surface area contributed by atoms with Gasteiger partial charge in [0, 0.05) is 67.1 Å². The van der Waals surface area contributed by atoms with Gasteiger partial charge in [-0.1, -0.05) is 45.9 Å². The van der Waals surface area contributed by atoms with E-state index < -0.39 is 0 Å². The van der Waals surface area contributed by atoms with Crippen LogP contribution in [0, 0.1) is 0 Å². The van der Waals surface area contributed by atoms with Crippen molar-refractivity contribution in [2.75, 3.05) is 83.4 Å². The zero-order valence-electron chi connectivity index (χ0n) is 30.0. The van der Waals surface area contributed by atoms with Gasteiger partial charge in [-0.05, 0) is 67.5 Å². The Bertz CT molecular complexity index is 1560. The molecule has 0 saturated heterocycles. The maximum absolute atomic E-state index is 12.1. The monoisotopic (exact) mass is 743 g/mol. The Morgan fingerprint density at radius 3 is 2.44 bits per heavy atom. The molecule has 0 spiro atoms. The fourth-order valence-electron chi connectivity index (χ4n) is 5.83. The number of fused-ring (bicyclic) bond motifs is 1. The Morgan fingerprint density at radius 1 is 1.00 bits per heavy atom. The molecule has 50 heavy (non-hydrogen) atoms. The molecule has 1 unspecified atom stereocenters. The van der Waals surface area contributed by atoms with Gasteiger partial charge in [0.1, 0.15) is 6.61 Å². The van der Waals surface area contributed by atoms with Crippen LogP contribution in [0.5, 0.6) is 11.5 Å². The van der Waals surface area contributed by atoms with Crippen molar-refractivity contribution in [3.8, 4) is 11.5 Å². The van der Waals surface area contributed by atoms with E-state index in [9.17, 15) is 4.79 Å². The quantitative estimate of drug-likeness (QED) is 0.0334. The number of methoxy groups -OCH3 is 2. The van der Waals surface area contributed by atoms with Gasteiger partial charge in [-0.25, -0.2) is 0 Å². The van der Waals surface area contributed by atoms with Crippen molar-refractivity contribution >= 4 is 62.8 Å². The van der Waals surface area contributed by atoms with Crippen molar-refractivity contribution in [3.63, 3.8) is 0 Å². The van der Waals surface area contributed by atoms with E-state index in [1.165, 1.54) is 11.3 Å². The average molecular weight is 744 g/mol. The minimum atomic E-state index is -0.0168. The first kappa shape index (κ1) is 39.8. The van der Waals surface area contributed by atoms with Gasteiger partial charge in [0.15, 0.2) is 17.8 Å². The largest absolute Gasteiger partial charge is 0.493 e. The van der Waals surface area contributed by atoms with E-state index >= 15 is 0 Å². The number of carbonyl (C=O) groups is 1. The van der Waals surface area contributed by atoms with Crippen LogP contribution in [0.2, 0.25) is 0 Å². The predicted molar refractivity (Wildman–Crippen MR) is 210 cm³/mol. The lowest BCUT2D eigenvalue weighted by molar-refractivity contribution is 0.0264. The third-order valence-corrected chi connectivity index (χ3v) is 11.2. The van der Waals surface area contributed by atoms with E-state index in [-0.39, 0.29) is 17.4 Å². The molecule has 1 aliphatic rings. The highest BCUT2D eigenvalue weighted by atomic mass is 35.5. The molecule has 3 aromatic rings. The Morgan fingerprint density at radius 2 is 1.74 bits per heavy atom. The molecular weight excluding hydrogens is 694 g/mol. The summed E-state index contributed by atoms with van der Waals surface area (Å²) in [5, 5.41) is 0. The molecular formula is C38H50ClN3O6S2. The molecule has 1 heterocycles. The lowest BCUT2D eigenvalue weighted by Crippen LogP contribution is -2.38. The zero-order chi connectivity index (χ0) is 35.9. The third kappa shape index (κ3) is 11.5. The fraction of sp³-hybridized carbons (Fsp3) is 0.474. The average Bonchev–Trinajstić information content (AvgIpc) is 3.44. The Balaban J connectivity index is 1.51. The molecule has 0 radical (unpaired) electrons. The van der Waals surface area contributed by atoms with Crippen LogP contribution in [-0.4, -0.2) is 96.9 Å². The van der Waals surface area contributed by atoms with Gasteiger partial charge >= 0.3 is 0 Å². The predicted octanol–water partition coefficient (Wildman–Crippen LogP) is 7.86. The molecule has 0 aromatic heterocycles. The molecule has 4 rings (SSSR count). The molecule has 0 aliphatic carbocycles. The molecule has 9 nitrogen and oxygen atoms in total. The number of para-hydroxylation sites is 1. The van der Waals surface area contributed by atoms with E-state index in [0.29, 0.717) is 68.2 Å². The number of carbonyl (C=O) groups excluding carboxylic acids is 1. The number of rotatable bonds is 22. The number of hydrogen-bond donors (Lipinski definition) is 0. The Hall–Kier alpha value is -2.93. The van der Waals surface area contributed by atoms with Crippen LogP contribution in [-0.2, 0) is 33.1 Å². The number of ether oxygens (including phenoxy) is 5. The van der Waals surface area contributed by atoms with Gasteiger partial charge < -0.3 is 33.5 Å². The van der Waals surface area contributed by atoms with Crippen molar-refractivity contribution in [1.82, 2.24) is 0 Å². The van der Waals surface area contributed by atoms with Crippen LogP contribution in [0.3, 0.4) is 0 Å². The van der Waals surface area contributed by atoms with Gasteiger partial charge in [0.05, 0.1) is 51.9 Å². The van der Waals surface area contributed by atoms with Crippen molar-refractivity contribution in [3.05, 3.63) is 76.9 Å². The number of anilines is 2. The first-order valence-corrected chi connectivity index (χ1v) is 19.8. The minimum absolute atomic E-state index is 0.0168. The van der Waals surface area contributed by atoms with Crippen molar-refractivity contribution in [2.24, 2.45) is 4.99 Å². The zero-order valence-corrected chi connectivity index (χ0v) is 32.4. The van der Waals surface area contributed by atoms with Crippen LogP contribution < -0.4 is 19.3 Å². The molecule has 0 fully saturated rings. The van der Waals surface area contributed by atoms with E-state index in [1.807, 2.05) is 23.1 Å². The van der Waals surface area contributed by atoms with E-state index in [4.69, 9.17) is 40.3 Å². The number of likely N-dealkylation sites (N-methyl/N-ethyl adjacent to an activating group) is 1. The molecule has 1 aliphatic heterocycles. The van der Waals surface area contributed by atoms with E-state index in [2.05, 4.69) is 73.3 Å². The number of hydrogen-bond acceptors (Lipinski definition) is 11. The topological polar surface area (TPSA) is 82.1 Å². The van der Waals surface area contributed by atoms with Gasteiger partial charge in [0.2, 0.25) is 0 Å². The number of halogens is 1. The first-order chi connectivity index (χ1) is 24.2. The number of aliphatic imine (C=N–C) groups is 1. The van der Waals surface area contributed by atoms with Gasteiger partial charge in [0.25, 0.3) is 0 Å². The molecule has 0 amide bonds. The smallest absolute Gasteiger partial charge is 0.163 e. The maximum atomic E-state index is 12.1. The molecule has 0 saturated carbocycles. The number of benzene rings is 3. The summed E-state index contributed by atoms with van der Waals surface area (Å²) in [5.41, 5.74) is 6.43. The molecule has 12 heteroatoms. The molecule has 272 valence electrons. The van der Waals surface area contributed by atoms with Crippen molar-refractivity contribution in [1.29, 1.82) is 0 Å². The highest BCUT2D eigenvalue weighted by Crippen LogP contribution is 2.37. The summed E-state index contributed by atoms with van der Waals surface area (Å²) in [6.07, 6.45) is 5.65. The van der Waals surface area contributed by atoms with E-state index in [0.717, 1.165) is 36.1 Å². The van der Waals surface area contributed by atoms with Crippen LogP contribution in [0.25, 0.3) is 0 Å². The number of alkyl halides is 1. The summed E-state index contributed by atoms with van der Waals surface area (Å²) in [6.45, 7) is 8.99. The van der Waals surface area contributed by atoms with Crippen LogP contribution in [0.1, 0.15) is 40.9 Å². The fourth-order valence-corrected chi connectivity index (χ4v) is 8.15. The number of nitrogens with zero attached hydrogens (tertiary/aromatic N) is 3. The molecule has 3 aromatic carbocycles. The maximum Gasteiger partial charge on any atom is 0.163 e. The summed E-state index contributed by atoms with van der Waals surface area (Å²) in [5.74, 6) is 1.33. The second kappa shape index (κ2) is 20.2. The summed E-state index contributed by atoms with van der Waals surface area (Å²) in [4.78, 5) is 21.4. The van der Waals surface area contributed by atoms with Gasteiger partial charge in [-0.2, -0.15) is 0 Å². The molecule has 0 N–H and O–H groups in total. The van der Waals surface area contributed by atoms with E-state index in [1.54, 1.807) is 37.1 Å². The molecule has 0 bridgehead atoms. The Labute approximate surface area is 310 Å². The second-order valence-corrected chi connectivity index (χ2v) is 15.9. The Kier molecular flexibility index (Phi) is 16.1. The second-order valence-electron chi connectivity index (χ2n) is 12.5. The van der Waals surface area contributed by atoms with Crippen molar-refractivity contribution < 1.29 is 28.5 Å². The third-order valence-electron chi connectivity index (χ3n) is 8.26. The standard InChI is InChI=1S/C38H50ClN3O6S2/c1-38(2,50-49-6)27-42(11-12-46-15-16-47-14-13-44-4)32-18-28(23-39)17-29(19-32)26-48-37-22-34(31(25-43)21-36(37)45-5)40-24-33-20-30-9-7-8-10-35(30)41(33)3/h7-10,17-19,21-22,24-25,33H,11-16,20,23,26-27H2,1-6H3.